The van der Waals surface area contributed by atoms with E-state index in [1.807, 2.05) is 23.1 Å². The maximum atomic E-state index is 12.7. The van der Waals surface area contributed by atoms with Crippen molar-refractivity contribution in [2.75, 3.05) is 6.54 Å². The monoisotopic (exact) mass is 323 g/mol. The molecule has 2 unspecified atom stereocenters. The molecule has 1 amide bonds. The highest BCUT2D eigenvalue weighted by Gasteiger charge is 2.32. The van der Waals surface area contributed by atoms with Gasteiger partial charge in [0.05, 0.1) is 12.0 Å². The number of carbonyl (C=O) groups is 2. The zero-order chi connectivity index (χ0) is 17.1. The summed E-state index contributed by atoms with van der Waals surface area (Å²) in [5.74, 6) is -0.540. The van der Waals surface area contributed by atoms with Gasteiger partial charge in [-0.05, 0) is 36.6 Å². The molecular weight excluding hydrogens is 302 g/mol. The average molecular weight is 323 g/mol. The number of rotatable bonds is 4. The Bertz CT molecular complexity index is 742. The maximum absolute atomic E-state index is 12.7. The van der Waals surface area contributed by atoms with E-state index in [0.717, 1.165) is 18.5 Å². The van der Waals surface area contributed by atoms with Crippen LogP contribution >= 0.6 is 0 Å². The molecule has 0 aromatic heterocycles. The molecule has 2 atom stereocenters. The Kier molecular flexibility index (Phi) is 4.65. The third-order valence-corrected chi connectivity index (χ3v) is 4.70. The molecule has 0 aliphatic carbocycles. The summed E-state index contributed by atoms with van der Waals surface area (Å²) in [5, 5.41) is 9.06. The van der Waals surface area contributed by atoms with Crippen molar-refractivity contribution < 1.29 is 14.7 Å². The van der Waals surface area contributed by atoms with Gasteiger partial charge in [0, 0.05) is 18.5 Å². The number of carboxylic acids is 1. The third kappa shape index (κ3) is 3.48. The number of nitrogens with zero attached hydrogens (tertiary/aromatic N) is 1. The number of amides is 1. The van der Waals surface area contributed by atoms with Gasteiger partial charge in [0.25, 0.3) is 0 Å². The zero-order valence-corrected chi connectivity index (χ0v) is 13.7. The van der Waals surface area contributed by atoms with E-state index < -0.39 is 5.97 Å². The summed E-state index contributed by atoms with van der Waals surface area (Å²) in [6, 6.07) is 17.1. The molecular formula is C20H21NO3. The van der Waals surface area contributed by atoms with Gasteiger partial charge in [-0.2, -0.15) is 0 Å². The van der Waals surface area contributed by atoms with Crippen molar-refractivity contribution >= 4 is 11.9 Å². The first-order valence-corrected chi connectivity index (χ1v) is 8.21. The van der Waals surface area contributed by atoms with Gasteiger partial charge in [0.1, 0.15) is 0 Å². The van der Waals surface area contributed by atoms with Crippen LogP contribution in [0.15, 0.2) is 54.6 Å². The molecule has 0 spiro atoms. The van der Waals surface area contributed by atoms with Crippen LogP contribution in [0.1, 0.15) is 40.7 Å². The molecule has 2 aromatic rings. The summed E-state index contributed by atoms with van der Waals surface area (Å²) in [5.41, 5.74) is 2.24. The van der Waals surface area contributed by atoms with E-state index in [9.17, 15) is 9.59 Å². The van der Waals surface area contributed by atoms with Crippen molar-refractivity contribution in [1.82, 2.24) is 4.90 Å². The third-order valence-electron chi connectivity index (χ3n) is 4.70. The highest BCUT2D eigenvalue weighted by Crippen LogP contribution is 2.31. The number of aromatic carboxylic acids is 1. The van der Waals surface area contributed by atoms with Crippen LogP contribution in [0, 0.1) is 0 Å². The van der Waals surface area contributed by atoms with E-state index in [-0.39, 0.29) is 23.9 Å². The molecule has 2 aromatic carbocycles. The highest BCUT2D eigenvalue weighted by molar-refractivity contribution is 5.88. The predicted molar refractivity (Wildman–Crippen MR) is 92.1 cm³/mol. The van der Waals surface area contributed by atoms with Crippen molar-refractivity contribution in [2.24, 2.45) is 0 Å². The van der Waals surface area contributed by atoms with Crippen molar-refractivity contribution in [3.05, 3.63) is 71.3 Å². The number of carbonyl (C=O) groups excluding carboxylic acids is 1. The van der Waals surface area contributed by atoms with E-state index in [1.54, 1.807) is 24.3 Å². The summed E-state index contributed by atoms with van der Waals surface area (Å²) >= 11 is 0. The largest absolute Gasteiger partial charge is 0.478 e. The smallest absolute Gasteiger partial charge is 0.335 e. The fourth-order valence-corrected chi connectivity index (χ4v) is 3.44. The topological polar surface area (TPSA) is 57.6 Å². The molecule has 1 N–H and O–H groups in total. The van der Waals surface area contributed by atoms with Gasteiger partial charge >= 0.3 is 5.97 Å². The second-order valence-corrected chi connectivity index (χ2v) is 6.42. The van der Waals surface area contributed by atoms with Crippen molar-refractivity contribution in [2.45, 2.75) is 31.7 Å². The first-order chi connectivity index (χ1) is 11.5. The fourth-order valence-electron chi connectivity index (χ4n) is 3.44. The van der Waals surface area contributed by atoms with Gasteiger partial charge in [0.2, 0.25) is 5.91 Å². The minimum atomic E-state index is -0.969. The van der Waals surface area contributed by atoms with Crippen LogP contribution in [0.25, 0.3) is 0 Å². The Morgan fingerprint density at radius 1 is 1.12 bits per heavy atom. The second-order valence-electron chi connectivity index (χ2n) is 6.42. The number of hydrogen-bond acceptors (Lipinski definition) is 2. The molecule has 24 heavy (non-hydrogen) atoms. The Balaban J connectivity index is 1.69. The van der Waals surface area contributed by atoms with Gasteiger partial charge in [0.15, 0.2) is 0 Å². The van der Waals surface area contributed by atoms with E-state index in [2.05, 4.69) is 19.1 Å². The second kappa shape index (κ2) is 6.87. The van der Waals surface area contributed by atoms with Crippen LogP contribution in [-0.4, -0.2) is 34.5 Å². The standard InChI is InChI=1S/C20H21NO3/c1-14-10-18(16-7-3-2-4-8-16)13-21(14)19(22)12-15-6-5-9-17(11-15)20(23)24/h2-9,11,14,18H,10,12-13H2,1H3,(H,23,24). The molecule has 0 saturated carbocycles. The van der Waals surface area contributed by atoms with Crippen LogP contribution in [0.3, 0.4) is 0 Å². The summed E-state index contributed by atoms with van der Waals surface area (Å²) in [7, 11) is 0. The van der Waals surface area contributed by atoms with Crippen LogP contribution in [0.4, 0.5) is 0 Å². The average Bonchev–Trinajstić information content (AvgIpc) is 2.98. The number of carboxylic acid groups (broad SMARTS) is 1. The molecule has 1 fully saturated rings. The Hall–Kier alpha value is -2.62. The van der Waals surface area contributed by atoms with Crippen molar-refractivity contribution in [3.8, 4) is 0 Å². The van der Waals surface area contributed by atoms with Crippen LogP contribution in [-0.2, 0) is 11.2 Å². The molecule has 1 aliphatic rings. The minimum Gasteiger partial charge on any atom is -0.478 e. The van der Waals surface area contributed by atoms with E-state index in [1.165, 1.54) is 5.56 Å². The molecule has 1 aliphatic heterocycles. The molecule has 4 nitrogen and oxygen atoms in total. The molecule has 0 radical (unpaired) electrons. The summed E-state index contributed by atoms with van der Waals surface area (Å²) in [4.78, 5) is 25.6. The van der Waals surface area contributed by atoms with Crippen LogP contribution in [0.2, 0.25) is 0 Å². The number of hydrogen-bond donors (Lipinski definition) is 1. The minimum absolute atomic E-state index is 0.0588. The lowest BCUT2D eigenvalue weighted by Gasteiger charge is -2.21. The van der Waals surface area contributed by atoms with Crippen molar-refractivity contribution in [1.29, 1.82) is 0 Å². The Labute approximate surface area is 141 Å². The van der Waals surface area contributed by atoms with E-state index in [0.29, 0.717) is 5.92 Å². The normalized spacial score (nSPS) is 20.1. The Morgan fingerprint density at radius 3 is 2.58 bits per heavy atom. The summed E-state index contributed by atoms with van der Waals surface area (Å²) in [6.07, 6.45) is 1.21. The highest BCUT2D eigenvalue weighted by atomic mass is 16.4. The van der Waals surface area contributed by atoms with Crippen LogP contribution < -0.4 is 0 Å². The van der Waals surface area contributed by atoms with Gasteiger partial charge < -0.3 is 10.0 Å². The van der Waals surface area contributed by atoms with E-state index in [4.69, 9.17) is 5.11 Å². The zero-order valence-electron chi connectivity index (χ0n) is 13.7. The molecule has 1 heterocycles. The van der Waals surface area contributed by atoms with Crippen LogP contribution in [0.5, 0.6) is 0 Å². The molecule has 1 saturated heterocycles. The summed E-state index contributed by atoms with van der Waals surface area (Å²) in [6.45, 7) is 2.80. The molecule has 3 rings (SSSR count). The SMILES string of the molecule is CC1CC(c2ccccc2)CN1C(=O)Cc1cccc(C(=O)O)c1. The quantitative estimate of drug-likeness (QED) is 0.939. The first kappa shape index (κ1) is 16.2. The lowest BCUT2D eigenvalue weighted by Crippen LogP contribution is -2.35. The van der Waals surface area contributed by atoms with Gasteiger partial charge in [-0.25, -0.2) is 4.79 Å². The lowest BCUT2D eigenvalue weighted by atomic mass is 9.97. The van der Waals surface area contributed by atoms with Gasteiger partial charge in [-0.1, -0.05) is 42.5 Å². The fraction of sp³-hybridized carbons (Fsp3) is 0.300. The van der Waals surface area contributed by atoms with Gasteiger partial charge in [-0.3, -0.25) is 4.79 Å². The van der Waals surface area contributed by atoms with E-state index >= 15 is 0 Å². The maximum Gasteiger partial charge on any atom is 0.335 e. The van der Waals surface area contributed by atoms with Gasteiger partial charge in [-0.15, -0.1) is 0 Å². The van der Waals surface area contributed by atoms with Crippen molar-refractivity contribution in [3.63, 3.8) is 0 Å². The number of benzene rings is 2. The Morgan fingerprint density at radius 2 is 1.88 bits per heavy atom. The number of likely N-dealkylation sites (tertiary alicyclic amines) is 1. The molecule has 4 heteroatoms. The molecule has 124 valence electrons. The predicted octanol–water partition coefficient (Wildman–Crippen LogP) is 3.33. The molecule has 0 bridgehead atoms. The summed E-state index contributed by atoms with van der Waals surface area (Å²) < 4.78 is 0. The first-order valence-electron chi connectivity index (χ1n) is 8.21. The lowest BCUT2D eigenvalue weighted by molar-refractivity contribution is -0.131.